The standard InChI is InChI=1S/C20H20N2O5/c1-12-7-16(10-19(23)26-12)27-15-5-6-22(11-15)20(24)18-8-13-3-4-14(25-2)9-17(13)21-18/h3-4,7-10,15,21H,5-6,11H2,1-2H3. The Bertz CT molecular complexity index is 1050. The van der Waals surface area contributed by atoms with Crippen LogP contribution in [0.4, 0.5) is 0 Å². The lowest BCUT2D eigenvalue weighted by molar-refractivity contribution is 0.0767. The molecule has 1 aliphatic rings. The average molecular weight is 368 g/mol. The van der Waals surface area contributed by atoms with E-state index in [1.807, 2.05) is 24.3 Å². The van der Waals surface area contributed by atoms with E-state index in [2.05, 4.69) is 4.98 Å². The van der Waals surface area contributed by atoms with Crippen molar-refractivity contribution >= 4 is 16.8 Å². The largest absolute Gasteiger partial charge is 0.497 e. The molecule has 1 fully saturated rings. The Morgan fingerprint density at radius 1 is 1.22 bits per heavy atom. The van der Waals surface area contributed by atoms with Crippen LogP contribution < -0.4 is 15.1 Å². The molecule has 0 spiro atoms. The number of amides is 1. The Kier molecular flexibility index (Phi) is 4.35. The van der Waals surface area contributed by atoms with Gasteiger partial charge in [0.1, 0.15) is 29.1 Å². The van der Waals surface area contributed by atoms with Crippen molar-refractivity contribution < 1.29 is 18.7 Å². The lowest BCUT2D eigenvalue weighted by atomic mass is 10.2. The molecule has 7 nitrogen and oxygen atoms in total. The van der Waals surface area contributed by atoms with Crippen molar-refractivity contribution in [2.75, 3.05) is 20.2 Å². The summed E-state index contributed by atoms with van der Waals surface area (Å²) in [5.74, 6) is 1.64. The van der Waals surface area contributed by atoms with Crippen molar-refractivity contribution in [2.45, 2.75) is 19.4 Å². The first-order valence-electron chi connectivity index (χ1n) is 8.76. The van der Waals surface area contributed by atoms with E-state index in [0.29, 0.717) is 36.7 Å². The highest BCUT2D eigenvalue weighted by molar-refractivity contribution is 5.98. The van der Waals surface area contributed by atoms with Gasteiger partial charge in [0, 0.05) is 36.0 Å². The molecule has 1 N–H and O–H groups in total. The molecule has 0 saturated carbocycles. The van der Waals surface area contributed by atoms with E-state index in [4.69, 9.17) is 13.9 Å². The molecule has 140 valence electrons. The predicted molar refractivity (Wildman–Crippen MR) is 99.5 cm³/mol. The summed E-state index contributed by atoms with van der Waals surface area (Å²) in [5.41, 5.74) is 0.954. The predicted octanol–water partition coefficient (Wildman–Crippen LogP) is 2.73. The molecule has 2 aromatic heterocycles. The summed E-state index contributed by atoms with van der Waals surface area (Å²) < 4.78 is 16.0. The summed E-state index contributed by atoms with van der Waals surface area (Å²) >= 11 is 0. The minimum Gasteiger partial charge on any atom is -0.497 e. The van der Waals surface area contributed by atoms with Gasteiger partial charge in [-0.1, -0.05) is 0 Å². The molecule has 27 heavy (non-hydrogen) atoms. The SMILES string of the molecule is COc1ccc2cc(C(=O)N3CCC(Oc4cc(C)oc(=O)c4)C3)[nH]c2c1. The van der Waals surface area contributed by atoms with Crippen molar-refractivity contribution in [3.63, 3.8) is 0 Å². The fourth-order valence-electron chi connectivity index (χ4n) is 3.36. The number of benzene rings is 1. The number of aromatic nitrogens is 1. The number of likely N-dealkylation sites (tertiary alicyclic amines) is 1. The van der Waals surface area contributed by atoms with Crippen molar-refractivity contribution in [3.8, 4) is 11.5 Å². The molecular formula is C20H20N2O5. The molecule has 0 radical (unpaired) electrons. The van der Waals surface area contributed by atoms with Crippen molar-refractivity contribution in [3.05, 3.63) is 58.3 Å². The summed E-state index contributed by atoms with van der Waals surface area (Å²) in [7, 11) is 1.61. The van der Waals surface area contributed by atoms with Gasteiger partial charge in [0.2, 0.25) is 0 Å². The van der Waals surface area contributed by atoms with Crippen LogP contribution in [0.2, 0.25) is 0 Å². The number of aromatic amines is 1. The number of nitrogens with one attached hydrogen (secondary N) is 1. The van der Waals surface area contributed by atoms with E-state index >= 15 is 0 Å². The zero-order valence-electron chi connectivity index (χ0n) is 15.2. The van der Waals surface area contributed by atoms with Crippen LogP contribution in [0.25, 0.3) is 10.9 Å². The van der Waals surface area contributed by atoms with Crippen LogP contribution in [0.15, 0.2) is 45.6 Å². The van der Waals surface area contributed by atoms with Gasteiger partial charge in [0.15, 0.2) is 0 Å². The number of carbonyl (C=O) groups excluding carboxylic acids is 1. The highest BCUT2D eigenvalue weighted by Crippen LogP contribution is 2.24. The van der Waals surface area contributed by atoms with Crippen LogP contribution in [0.1, 0.15) is 22.7 Å². The number of methoxy groups -OCH3 is 1. The normalized spacial score (nSPS) is 16.7. The first-order chi connectivity index (χ1) is 13.0. The van der Waals surface area contributed by atoms with Crippen LogP contribution in [0, 0.1) is 6.92 Å². The van der Waals surface area contributed by atoms with Crippen LogP contribution in [-0.4, -0.2) is 42.1 Å². The Balaban J connectivity index is 1.46. The molecule has 1 amide bonds. The van der Waals surface area contributed by atoms with Crippen molar-refractivity contribution in [1.82, 2.24) is 9.88 Å². The third kappa shape index (κ3) is 3.53. The molecule has 0 aliphatic carbocycles. The van der Waals surface area contributed by atoms with E-state index in [0.717, 1.165) is 16.7 Å². The number of hydrogen-bond donors (Lipinski definition) is 1. The lowest BCUT2D eigenvalue weighted by Gasteiger charge is -2.16. The second-order valence-corrected chi connectivity index (χ2v) is 6.64. The monoisotopic (exact) mass is 368 g/mol. The van der Waals surface area contributed by atoms with Crippen molar-refractivity contribution in [2.24, 2.45) is 0 Å². The fourth-order valence-corrected chi connectivity index (χ4v) is 3.36. The van der Waals surface area contributed by atoms with Gasteiger partial charge in [-0.05, 0) is 25.1 Å². The number of fused-ring (bicyclic) bond motifs is 1. The van der Waals surface area contributed by atoms with Crippen LogP contribution in [-0.2, 0) is 0 Å². The van der Waals surface area contributed by atoms with E-state index in [1.165, 1.54) is 6.07 Å². The van der Waals surface area contributed by atoms with Gasteiger partial charge >= 0.3 is 5.63 Å². The second kappa shape index (κ2) is 6.83. The van der Waals surface area contributed by atoms with Gasteiger partial charge in [-0.15, -0.1) is 0 Å². The molecule has 7 heteroatoms. The third-order valence-corrected chi connectivity index (χ3v) is 4.66. The molecular weight excluding hydrogens is 348 g/mol. The zero-order chi connectivity index (χ0) is 19.0. The maximum atomic E-state index is 12.8. The highest BCUT2D eigenvalue weighted by atomic mass is 16.5. The minimum absolute atomic E-state index is 0.0694. The smallest absolute Gasteiger partial charge is 0.339 e. The Hall–Kier alpha value is -3.22. The number of rotatable bonds is 4. The van der Waals surface area contributed by atoms with E-state index in [1.54, 1.807) is 25.0 Å². The lowest BCUT2D eigenvalue weighted by Crippen LogP contribution is -2.31. The van der Waals surface area contributed by atoms with Gasteiger partial charge in [-0.2, -0.15) is 0 Å². The highest BCUT2D eigenvalue weighted by Gasteiger charge is 2.29. The Labute approximate surface area is 155 Å². The van der Waals surface area contributed by atoms with Gasteiger partial charge in [-0.3, -0.25) is 4.79 Å². The molecule has 3 heterocycles. The molecule has 1 aliphatic heterocycles. The van der Waals surface area contributed by atoms with Crippen LogP contribution >= 0.6 is 0 Å². The van der Waals surface area contributed by atoms with E-state index < -0.39 is 5.63 Å². The minimum atomic E-state index is -0.440. The van der Waals surface area contributed by atoms with E-state index in [9.17, 15) is 9.59 Å². The molecule has 0 bridgehead atoms. The van der Waals surface area contributed by atoms with Gasteiger partial charge in [0.25, 0.3) is 5.91 Å². The molecule has 1 aromatic carbocycles. The Morgan fingerprint density at radius 2 is 2.07 bits per heavy atom. The maximum Gasteiger partial charge on any atom is 0.339 e. The van der Waals surface area contributed by atoms with Crippen molar-refractivity contribution in [1.29, 1.82) is 0 Å². The summed E-state index contributed by atoms with van der Waals surface area (Å²) in [5, 5.41) is 0.956. The summed E-state index contributed by atoms with van der Waals surface area (Å²) in [6, 6.07) is 10.5. The maximum absolute atomic E-state index is 12.8. The van der Waals surface area contributed by atoms with Gasteiger partial charge in [-0.25, -0.2) is 4.79 Å². The molecule has 3 aromatic rings. The van der Waals surface area contributed by atoms with Crippen LogP contribution in [0.5, 0.6) is 11.5 Å². The summed E-state index contributed by atoms with van der Waals surface area (Å²) in [6.07, 6.45) is 0.554. The zero-order valence-corrected chi connectivity index (χ0v) is 15.2. The number of nitrogens with zero attached hydrogens (tertiary/aromatic N) is 1. The Morgan fingerprint density at radius 3 is 2.85 bits per heavy atom. The first kappa shape index (κ1) is 17.2. The number of aryl methyl sites for hydroxylation is 1. The molecule has 1 saturated heterocycles. The number of ether oxygens (including phenoxy) is 2. The first-order valence-corrected chi connectivity index (χ1v) is 8.76. The molecule has 4 rings (SSSR count). The number of hydrogen-bond acceptors (Lipinski definition) is 5. The average Bonchev–Trinajstić information content (AvgIpc) is 3.26. The summed E-state index contributed by atoms with van der Waals surface area (Å²) in [4.78, 5) is 29.2. The quantitative estimate of drug-likeness (QED) is 0.765. The number of carbonyl (C=O) groups is 1. The number of H-pyrrole nitrogens is 1. The van der Waals surface area contributed by atoms with Crippen LogP contribution in [0.3, 0.4) is 0 Å². The van der Waals surface area contributed by atoms with Gasteiger partial charge < -0.3 is 23.8 Å². The molecule has 1 unspecified atom stereocenters. The van der Waals surface area contributed by atoms with E-state index in [-0.39, 0.29) is 12.0 Å². The fraction of sp³-hybridized carbons (Fsp3) is 0.300. The summed E-state index contributed by atoms with van der Waals surface area (Å²) in [6.45, 7) is 2.77. The second-order valence-electron chi connectivity index (χ2n) is 6.64. The third-order valence-electron chi connectivity index (χ3n) is 4.66. The van der Waals surface area contributed by atoms with Gasteiger partial charge in [0.05, 0.1) is 19.7 Å². The molecule has 1 atom stereocenters. The topological polar surface area (TPSA) is 84.8 Å².